The van der Waals surface area contributed by atoms with E-state index in [1.54, 1.807) is 6.92 Å². The number of hydrogen-bond acceptors (Lipinski definition) is 3. The van der Waals surface area contributed by atoms with Crippen LogP contribution in [0.25, 0.3) is 0 Å². The molecule has 32 heavy (non-hydrogen) atoms. The topological polar surface area (TPSA) is 43.9 Å². The maximum Gasteiger partial charge on any atom is 0.223 e. The van der Waals surface area contributed by atoms with Gasteiger partial charge in [0.1, 0.15) is 0 Å². The molecule has 0 N–H and O–H groups in total. The van der Waals surface area contributed by atoms with Gasteiger partial charge in [-0.15, -0.1) is 0 Å². The van der Waals surface area contributed by atoms with Crippen molar-refractivity contribution in [2.24, 2.45) is 11.8 Å². The van der Waals surface area contributed by atoms with Crippen molar-refractivity contribution in [3.05, 3.63) is 35.4 Å². The lowest BCUT2D eigenvalue weighted by molar-refractivity contribution is -0.139. The van der Waals surface area contributed by atoms with Crippen LogP contribution in [0.1, 0.15) is 77.0 Å². The van der Waals surface area contributed by atoms with E-state index in [1.807, 2.05) is 4.90 Å². The fourth-order valence-electron chi connectivity index (χ4n) is 5.43. The summed E-state index contributed by atoms with van der Waals surface area (Å²) in [5.41, 5.74) is 2.70. The summed E-state index contributed by atoms with van der Waals surface area (Å²) in [5.74, 6) is 1.30. The standard InChI is InChI=1S/C27H43N3O2/c1-6-7-25(24-10-8-21(4)9-11-24)29-16-17-30(26(19-29)20(2)3)27(32)18-23-12-14-28(15-13-23)22(5)31/h8-11,20,23,25-26H,6-7,12-19H2,1-5H3. The molecule has 0 aliphatic carbocycles. The summed E-state index contributed by atoms with van der Waals surface area (Å²) in [6.07, 6.45) is 4.83. The smallest absolute Gasteiger partial charge is 0.223 e. The third-order valence-electron chi connectivity index (χ3n) is 7.53. The summed E-state index contributed by atoms with van der Waals surface area (Å²) in [6, 6.07) is 9.69. The molecule has 0 radical (unpaired) electrons. The molecule has 3 rings (SSSR count). The minimum absolute atomic E-state index is 0.154. The van der Waals surface area contributed by atoms with Crippen molar-refractivity contribution >= 4 is 11.8 Å². The Hall–Kier alpha value is -1.88. The van der Waals surface area contributed by atoms with Crippen molar-refractivity contribution in [2.45, 2.75) is 78.8 Å². The van der Waals surface area contributed by atoms with E-state index in [-0.39, 0.29) is 11.9 Å². The van der Waals surface area contributed by atoms with Crippen molar-refractivity contribution in [1.29, 1.82) is 0 Å². The van der Waals surface area contributed by atoms with Gasteiger partial charge in [0.05, 0.1) is 0 Å². The molecule has 178 valence electrons. The van der Waals surface area contributed by atoms with Gasteiger partial charge < -0.3 is 9.80 Å². The first-order valence-corrected chi connectivity index (χ1v) is 12.7. The van der Waals surface area contributed by atoms with Gasteiger partial charge in [-0.25, -0.2) is 0 Å². The van der Waals surface area contributed by atoms with Crippen molar-refractivity contribution in [2.75, 3.05) is 32.7 Å². The highest BCUT2D eigenvalue weighted by Gasteiger charge is 2.36. The molecule has 1 aromatic rings. The summed E-state index contributed by atoms with van der Waals surface area (Å²) in [4.78, 5) is 31.6. The summed E-state index contributed by atoms with van der Waals surface area (Å²) in [7, 11) is 0. The molecule has 0 aromatic heterocycles. The van der Waals surface area contributed by atoms with E-state index in [9.17, 15) is 9.59 Å². The Balaban J connectivity index is 1.64. The third-order valence-corrected chi connectivity index (χ3v) is 7.53. The molecule has 0 spiro atoms. The van der Waals surface area contributed by atoms with Crippen LogP contribution in [0, 0.1) is 18.8 Å². The Kier molecular flexibility index (Phi) is 8.75. The van der Waals surface area contributed by atoms with E-state index in [0.29, 0.717) is 30.2 Å². The molecular weight excluding hydrogens is 398 g/mol. The zero-order chi connectivity index (χ0) is 23.3. The van der Waals surface area contributed by atoms with Gasteiger partial charge >= 0.3 is 0 Å². The molecule has 2 amide bonds. The number of amides is 2. The Bertz CT molecular complexity index is 753. The Labute approximate surface area is 195 Å². The van der Waals surface area contributed by atoms with Gasteiger partial charge in [-0.3, -0.25) is 14.5 Å². The minimum atomic E-state index is 0.154. The number of benzene rings is 1. The number of piperidine rings is 1. The minimum Gasteiger partial charge on any atom is -0.343 e. The van der Waals surface area contributed by atoms with Crippen molar-refractivity contribution in [1.82, 2.24) is 14.7 Å². The van der Waals surface area contributed by atoms with Crippen LogP contribution in [0.4, 0.5) is 0 Å². The Morgan fingerprint density at radius 2 is 1.69 bits per heavy atom. The number of nitrogens with zero attached hydrogens (tertiary/aromatic N) is 3. The first-order valence-electron chi connectivity index (χ1n) is 12.7. The first-order chi connectivity index (χ1) is 15.3. The van der Waals surface area contributed by atoms with E-state index in [4.69, 9.17) is 0 Å². The fraction of sp³-hybridized carbons (Fsp3) is 0.704. The number of rotatable bonds is 7. The number of aryl methyl sites for hydroxylation is 1. The van der Waals surface area contributed by atoms with Crippen LogP contribution < -0.4 is 0 Å². The van der Waals surface area contributed by atoms with Crippen LogP contribution in [0.15, 0.2) is 24.3 Å². The van der Waals surface area contributed by atoms with E-state index >= 15 is 0 Å². The van der Waals surface area contributed by atoms with Crippen LogP contribution in [0.2, 0.25) is 0 Å². The maximum atomic E-state index is 13.3. The van der Waals surface area contributed by atoms with Crippen LogP contribution >= 0.6 is 0 Å². The van der Waals surface area contributed by atoms with E-state index in [1.165, 1.54) is 11.1 Å². The average molecular weight is 442 g/mol. The summed E-state index contributed by atoms with van der Waals surface area (Å²) < 4.78 is 0. The molecule has 2 unspecified atom stereocenters. The predicted molar refractivity (Wildman–Crippen MR) is 130 cm³/mol. The normalized spacial score (nSPS) is 21.8. The predicted octanol–water partition coefficient (Wildman–Crippen LogP) is 4.65. The van der Waals surface area contributed by atoms with Crippen LogP contribution in [-0.2, 0) is 9.59 Å². The van der Waals surface area contributed by atoms with Gasteiger partial charge in [0.25, 0.3) is 0 Å². The second-order valence-electron chi connectivity index (χ2n) is 10.3. The molecule has 5 heteroatoms. The molecule has 2 atom stereocenters. The second kappa shape index (κ2) is 11.3. The monoisotopic (exact) mass is 441 g/mol. The number of carbonyl (C=O) groups excluding carboxylic acids is 2. The fourth-order valence-corrected chi connectivity index (χ4v) is 5.43. The summed E-state index contributed by atoms with van der Waals surface area (Å²) in [6.45, 7) is 14.8. The lowest BCUT2D eigenvalue weighted by Gasteiger charge is -2.47. The first kappa shape index (κ1) is 24.8. The number of carbonyl (C=O) groups is 2. The van der Waals surface area contributed by atoms with Gasteiger partial charge in [-0.2, -0.15) is 0 Å². The molecule has 2 fully saturated rings. The zero-order valence-corrected chi connectivity index (χ0v) is 20.8. The van der Waals surface area contributed by atoms with Crippen LogP contribution in [0.5, 0.6) is 0 Å². The summed E-state index contributed by atoms with van der Waals surface area (Å²) in [5, 5.41) is 0. The molecule has 2 heterocycles. The molecule has 2 aliphatic heterocycles. The number of hydrogen-bond donors (Lipinski definition) is 0. The van der Waals surface area contributed by atoms with E-state index in [0.717, 1.165) is 58.4 Å². The molecule has 0 bridgehead atoms. The van der Waals surface area contributed by atoms with Crippen molar-refractivity contribution in [3.8, 4) is 0 Å². The van der Waals surface area contributed by atoms with E-state index in [2.05, 4.69) is 61.8 Å². The average Bonchev–Trinajstić information content (AvgIpc) is 2.78. The van der Waals surface area contributed by atoms with Gasteiger partial charge in [0.15, 0.2) is 0 Å². The lowest BCUT2D eigenvalue weighted by Crippen LogP contribution is -2.58. The van der Waals surface area contributed by atoms with Crippen LogP contribution in [0.3, 0.4) is 0 Å². The third kappa shape index (κ3) is 6.12. The zero-order valence-electron chi connectivity index (χ0n) is 20.8. The highest BCUT2D eigenvalue weighted by Crippen LogP contribution is 2.31. The maximum absolute atomic E-state index is 13.3. The quantitative estimate of drug-likeness (QED) is 0.618. The number of likely N-dealkylation sites (tertiary alicyclic amines) is 1. The lowest BCUT2D eigenvalue weighted by atomic mass is 9.91. The Morgan fingerprint density at radius 1 is 1.03 bits per heavy atom. The highest BCUT2D eigenvalue weighted by atomic mass is 16.2. The molecular formula is C27H43N3O2. The van der Waals surface area contributed by atoms with Crippen molar-refractivity contribution < 1.29 is 9.59 Å². The summed E-state index contributed by atoms with van der Waals surface area (Å²) >= 11 is 0. The largest absolute Gasteiger partial charge is 0.343 e. The Morgan fingerprint density at radius 3 is 2.25 bits per heavy atom. The van der Waals surface area contributed by atoms with Crippen molar-refractivity contribution in [3.63, 3.8) is 0 Å². The van der Waals surface area contributed by atoms with Gasteiger partial charge in [-0.1, -0.05) is 57.0 Å². The van der Waals surface area contributed by atoms with E-state index < -0.39 is 0 Å². The molecule has 2 aliphatic rings. The molecule has 2 saturated heterocycles. The van der Waals surface area contributed by atoms with Gasteiger partial charge in [-0.05, 0) is 43.6 Å². The molecule has 5 nitrogen and oxygen atoms in total. The molecule has 1 aromatic carbocycles. The molecule has 0 saturated carbocycles. The van der Waals surface area contributed by atoms with Gasteiger partial charge in [0.2, 0.25) is 11.8 Å². The van der Waals surface area contributed by atoms with Crippen LogP contribution in [-0.4, -0.2) is 65.3 Å². The second-order valence-corrected chi connectivity index (χ2v) is 10.3. The highest BCUT2D eigenvalue weighted by molar-refractivity contribution is 5.77. The van der Waals surface area contributed by atoms with Gasteiger partial charge in [0, 0.05) is 58.2 Å². The SMILES string of the molecule is CCCC(c1ccc(C)cc1)N1CCN(C(=O)CC2CCN(C(C)=O)CC2)C(C(C)C)C1. The number of piperazine rings is 1.